The van der Waals surface area contributed by atoms with Crippen LogP contribution < -0.4 is 5.32 Å². The van der Waals surface area contributed by atoms with E-state index < -0.39 is 0 Å². The van der Waals surface area contributed by atoms with Gasteiger partial charge in [0.05, 0.1) is 0 Å². The summed E-state index contributed by atoms with van der Waals surface area (Å²) >= 11 is 0. The summed E-state index contributed by atoms with van der Waals surface area (Å²) in [5.74, 6) is 1.91. The van der Waals surface area contributed by atoms with Gasteiger partial charge in [0, 0.05) is 12.1 Å². The van der Waals surface area contributed by atoms with E-state index in [2.05, 4.69) is 19.2 Å². The summed E-state index contributed by atoms with van der Waals surface area (Å²) in [6.45, 7) is 4.77. The van der Waals surface area contributed by atoms with Gasteiger partial charge in [0.25, 0.3) is 0 Å². The summed E-state index contributed by atoms with van der Waals surface area (Å²) < 4.78 is 0. The van der Waals surface area contributed by atoms with Crippen LogP contribution in [0.25, 0.3) is 0 Å². The molecule has 0 aromatic heterocycles. The number of hydrogen-bond acceptors (Lipinski definition) is 1. The molecule has 0 bridgehead atoms. The first-order valence-electron chi connectivity index (χ1n) is 7.01. The van der Waals surface area contributed by atoms with E-state index in [1.807, 2.05) is 0 Å². The van der Waals surface area contributed by atoms with E-state index in [1.165, 1.54) is 51.4 Å². The normalized spacial score (nSPS) is 33.8. The molecular weight excluding hydrogens is 182 g/mol. The molecule has 0 radical (unpaired) electrons. The van der Waals surface area contributed by atoms with Gasteiger partial charge in [-0.15, -0.1) is 0 Å². The minimum atomic E-state index is 0.850. The van der Waals surface area contributed by atoms with Crippen molar-refractivity contribution >= 4 is 0 Å². The Labute approximate surface area is 95.0 Å². The van der Waals surface area contributed by atoms with Gasteiger partial charge in [-0.1, -0.05) is 26.7 Å². The third kappa shape index (κ3) is 3.21. The lowest BCUT2D eigenvalue weighted by Crippen LogP contribution is -2.39. The van der Waals surface area contributed by atoms with Crippen LogP contribution in [0.1, 0.15) is 65.2 Å². The molecule has 0 heterocycles. The van der Waals surface area contributed by atoms with Crippen molar-refractivity contribution in [2.24, 2.45) is 11.8 Å². The fourth-order valence-corrected chi connectivity index (χ4v) is 3.38. The quantitative estimate of drug-likeness (QED) is 0.747. The highest BCUT2D eigenvalue weighted by atomic mass is 15.0. The van der Waals surface area contributed by atoms with Gasteiger partial charge in [-0.2, -0.15) is 0 Å². The summed E-state index contributed by atoms with van der Waals surface area (Å²) in [5, 5.41) is 3.88. The summed E-state index contributed by atoms with van der Waals surface area (Å²) in [6.07, 6.45) is 11.6. The van der Waals surface area contributed by atoms with Crippen LogP contribution in [0.4, 0.5) is 0 Å². The molecule has 2 rings (SSSR count). The Balaban J connectivity index is 1.68. The highest BCUT2D eigenvalue weighted by Crippen LogP contribution is 2.31. The molecule has 1 nitrogen and oxygen atoms in total. The molecule has 2 saturated carbocycles. The molecule has 1 heteroatoms. The average Bonchev–Trinajstić information content (AvgIpc) is 2.71. The van der Waals surface area contributed by atoms with Crippen LogP contribution >= 0.6 is 0 Å². The molecule has 0 aromatic rings. The second kappa shape index (κ2) is 5.34. The van der Waals surface area contributed by atoms with Crippen LogP contribution in [0.2, 0.25) is 0 Å². The van der Waals surface area contributed by atoms with Crippen molar-refractivity contribution in [2.45, 2.75) is 77.3 Å². The maximum atomic E-state index is 3.88. The first-order valence-corrected chi connectivity index (χ1v) is 7.01. The van der Waals surface area contributed by atoms with Crippen molar-refractivity contribution in [3.05, 3.63) is 0 Å². The topological polar surface area (TPSA) is 12.0 Å². The summed E-state index contributed by atoms with van der Waals surface area (Å²) in [5.41, 5.74) is 0. The molecular formula is C14H27N. The van der Waals surface area contributed by atoms with E-state index in [9.17, 15) is 0 Å². The van der Waals surface area contributed by atoms with Gasteiger partial charge in [-0.3, -0.25) is 0 Å². The van der Waals surface area contributed by atoms with Gasteiger partial charge in [0.1, 0.15) is 0 Å². The van der Waals surface area contributed by atoms with Gasteiger partial charge in [-0.05, 0) is 50.4 Å². The molecule has 0 aliphatic heterocycles. The molecule has 0 aromatic carbocycles. The van der Waals surface area contributed by atoms with Gasteiger partial charge in [0.2, 0.25) is 0 Å². The number of rotatable bonds is 3. The fourth-order valence-electron chi connectivity index (χ4n) is 3.38. The Kier molecular flexibility index (Phi) is 4.07. The molecule has 0 saturated heterocycles. The zero-order valence-corrected chi connectivity index (χ0v) is 10.5. The molecule has 15 heavy (non-hydrogen) atoms. The van der Waals surface area contributed by atoms with E-state index in [-0.39, 0.29) is 0 Å². The van der Waals surface area contributed by atoms with E-state index in [0.717, 1.165) is 23.9 Å². The Morgan fingerprint density at radius 1 is 0.800 bits per heavy atom. The Bertz CT molecular complexity index is 174. The number of nitrogens with one attached hydrogen (secondary N) is 1. The smallest absolute Gasteiger partial charge is 0.00698 e. The van der Waals surface area contributed by atoms with Crippen molar-refractivity contribution in [3.8, 4) is 0 Å². The lowest BCUT2D eigenvalue weighted by Gasteiger charge is -2.33. The minimum Gasteiger partial charge on any atom is -0.311 e. The number of hydrogen-bond donors (Lipinski definition) is 1. The molecule has 1 N–H and O–H groups in total. The molecule has 0 amide bonds. The van der Waals surface area contributed by atoms with Crippen LogP contribution in [0.15, 0.2) is 0 Å². The minimum absolute atomic E-state index is 0.850. The molecule has 2 aliphatic carbocycles. The van der Waals surface area contributed by atoms with Gasteiger partial charge in [0.15, 0.2) is 0 Å². The molecule has 0 atom stereocenters. The Hall–Kier alpha value is -0.0400. The highest BCUT2D eigenvalue weighted by Gasteiger charge is 2.25. The largest absolute Gasteiger partial charge is 0.311 e. The van der Waals surface area contributed by atoms with Crippen LogP contribution in [-0.4, -0.2) is 12.1 Å². The summed E-state index contributed by atoms with van der Waals surface area (Å²) in [6, 6.07) is 1.72. The second-order valence-electron chi connectivity index (χ2n) is 6.00. The SMILES string of the molecule is CC(C)C1CCC(NC2CCCC2)CC1. The maximum absolute atomic E-state index is 3.88. The Morgan fingerprint density at radius 3 is 1.87 bits per heavy atom. The van der Waals surface area contributed by atoms with Crippen molar-refractivity contribution in [3.63, 3.8) is 0 Å². The van der Waals surface area contributed by atoms with Crippen LogP contribution in [-0.2, 0) is 0 Å². The van der Waals surface area contributed by atoms with E-state index in [4.69, 9.17) is 0 Å². The lowest BCUT2D eigenvalue weighted by atomic mass is 9.79. The predicted molar refractivity (Wildman–Crippen MR) is 66.0 cm³/mol. The fraction of sp³-hybridized carbons (Fsp3) is 1.00. The first-order chi connectivity index (χ1) is 7.25. The monoisotopic (exact) mass is 209 g/mol. The average molecular weight is 209 g/mol. The summed E-state index contributed by atoms with van der Waals surface area (Å²) in [4.78, 5) is 0. The zero-order chi connectivity index (χ0) is 10.7. The third-order valence-electron chi connectivity index (χ3n) is 4.54. The van der Waals surface area contributed by atoms with Gasteiger partial charge >= 0.3 is 0 Å². The van der Waals surface area contributed by atoms with Gasteiger partial charge in [-0.25, -0.2) is 0 Å². The maximum Gasteiger partial charge on any atom is 0.00698 e. The predicted octanol–water partition coefficient (Wildman–Crippen LogP) is 3.73. The lowest BCUT2D eigenvalue weighted by molar-refractivity contribution is 0.228. The van der Waals surface area contributed by atoms with E-state index >= 15 is 0 Å². The van der Waals surface area contributed by atoms with Crippen molar-refractivity contribution in [1.82, 2.24) is 5.32 Å². The van der Waals surface area contributed by atoms with Crippen molar-refractivity contribution in [1.29, 1.82) is 0 Å². The van der Waals surface area contributed by atoms with Crippen LogP contribution in [0.5, 0.6) is 0 Å². The summed E-state index contributed by atoms with van der Waals surface area (Å²) in [7, 11) is 0. The third-order valence-corrected chi connectivity index (χ3v) is 4.54. The molecule has 2 aliphatic rings. The second-order valence-corrected chi connectivity index (χ2v) is 6.00. The van der Waals surface area contributed by atoms with Crippen molar-refractivity contribution < 1.29 is 0 Å². The zero-order valence-electron chi connectivity index (χ0n) is 10.5. The highest BCUT2D eigenvalue weighted by molar-refractivity contribution is 4.83. The Morgan fingerprint density at radius 2 is 1.33 bits per heavy atom. The van der Waals surface area contributed by atoms with E-state index in [0.29, 0.717) is 0 Å². The molecule has 0 spiro atoms. The van der Waals surface area contributed by atoms with Crippen molar-refractivity contribution in [2.75, 3.05) is 0 Å². The van der Waals surface area contributed by atoms with Crippen LogP contribution in [0.3, 0.4) is 0 Å². The van der Waals surface area contributed by atoms with Crippen LogP contribution in [0, 0.1) is 11.8 Å². The molecule has 2 fully saturated rings. The molecule has 0 unspecified atom stereocenters. The first kappa shape index (κ1) is 11.4. The standard InChI is InChI=1S/C14H27N/c1-11(2)12-7-9-14(10-8-12)15-13-5-3-4-6-13/h11-15H,3-10H2,1-2H3. The van der Waals surface area contributed by atoms with E-state index in [1.54, 1.807) is 0 Å². The molecule has 88 valence electrons. The van der Waals surface area contributed by atoms with Gasteiger partial charge < -0.3 is 5.32 Å².